The largest absolute Gasteiger partial charge is 0.481 e. The highest BCUT2D eigenvalue weighted by Gasteiger charge is 2.37. The van der Waals surface area contributed by atoms with Crippen LogP contribution in [0.4, 0.5) is 0 Å². The summed E-state index contributed by atoms with van der Waals surface area (Å²) in [5.41, 5.74) is 5.69. The molecule has 0 fully saturated rings. The zero-order chi connectivity index (χ0) is 12.2. The maximum Gasteiger partial charge on any atom is 0.364 e. The van der Waals surface area contributed by atoms with Crippen LogP contribution in [0.3, 0.4) is 0 Å². The average molecular weight is 219 g/mol. The van der Waals surface area contributed by atoms with Crippen molar-refractivity contribution in [1.29, 1.82) is 0 Å². The Labute approximate surface area is 88.9 Å². The molecule has 15 heavy (non-hydrogen) atoms. The summed E-state index contributed by atoms with van der Waals surface area (Å²) in [6.07, 6.45) is 0.0623. The van der Waals surface area contributed by atoms with Crippen molar-refractivity contribution in [2.45, 2.75) is 24.9 Å². The highest BCUT2D eigenvalue weighted by atomic mass is 16.4. The fourth-order valence-corrected chi connectivity index (χ4v) is 1.54. The Hall–Kier alpha value is -1.14. The quantitative estimate of drug-likeness (QED) is 0.515. The highest BCUT2D eigenvalue weighted by Crippen LogP contribution is 2.11. The summed E-state index contributed by atoms with van der Waals surface area (Å²) in [7, 11) is 5.16. The van der Waals surface area contributed by atoms with Crippen molar-refractivity contribution in [3.05, 3.63) is 0 Å². The van der Waals surface area contributed by atoms with Gasteiger partial charge in [0.25, 0.3) is 0 Å². The number of carbonyl (C=O) groups is 2. The van der Waals surface area contributed by atoms with Gasteiger partial charge in [0.15, 0.2) is 0 Å². The van der Waals surface area contributed by atoms with Crippen LogP contribution in [0.1, 0.15) is 12.8 Å². The first kappa shape index (κ1) is 13.9. The topological polar surface area (TPSA) is 101 Å². The van der Waals surface area contributed by atoms with Gasteiger partial charge in [-0.05, 0) is 6.42 Å². The first-order chi connectivity index (χ1) is 6.66. The minimum Gasteiger partial charge on any atom is -0.481 e. The molecule has 0 aliphatic heterocycles. The number of hydrogen-bond acceptors (Lipinski definition) is 3. The molecule has 0 aliphatic rings. The molecule has 0 aromatic rings. The molecule has 0 aromatic heterocycles. The van der Waals surface area contributed by atoms with Gasteiger partial charge < -0.3 is 20.4 Å². The maximum absolute atomic E-state index is 11.0. The van der Waals surface area contributed by atoms with Gasteiger partial charge in [-0.3, -0.25) is 4.79 Å². The number of aliphatic carboxylic acids is 2. The Bertz CT molecular complexity index is 247. The number of carboxylic acids is 2. The second-order valence-electron chi connectivity index (χ2n) is 4.50. The van der Waals surface area contributed by atoms with E-state index in [4.69, 9.17) is 15.9 Å². The Kier molecular flexibility index (Phi) is 4.70. The monoisotopic (exact) mass is 219 g/mol. The summed E-state index contributed by atoms with van der Waals surface area (Å²) in [5.74, 6) is -1.96. The fraction of sp³-hybridized carbons (Fsp3) is 0.778. The van der Waals surface area contributed by atoms with Crippen LogP contribution in [0.5, 0.6) is 0 Å². The molecule has 0 bridgehead atoms. The van der Waals surface area contributed by atoms with Gasteiger partial charge in [-0.25, -0.2) is 4.79 Å². The van der Waals surface area contributed by atoms with Gasteiger partial charge in [-0.1, -0.05) is 0 Å². The molecule has 0 spiro atoms. The molecule has 0 saturated heterocycles. The van der Waals surface area contributed by atoms with Crippen LogP contribution in [0.2, 0.25) is 0 Å². The van der Waals surface area contributed by atoms with Crippen molar-refractivity contribution in [3.63, 3.8) is 0 Å². The van der Waals surface area contributed by atoms with E-state index in [9.17, 15) is 9.59 Å². The van der Waals surface area contributed by atoms with Crippen molar-refractivity contribution < 1.29 is 24.3 Å². The van der Waals surface area contributed by atoms with Crippen molar-refractivity contribution in [1.82, 2.24) is 0 Å². The number of hydrogen-bond donors (Lipinski definition) is 3. The smallest absolute Gasteiger partial charge is 0.364 e. The minimum absolute atomic E-state index is 0.106. The van der Waals surface area contributed by atoms with Gasteiger partial charge in [-0.2, -0.15) is 0 Å². The minimum atomic E-state index is -1.000. The molecule has 4 N–H and O–H groups in total. The van der Waals surface area contributed by atoms with Gasteiger partial charge in [-0.15, -0.1) is 0 Å². The number of quaternary nitrogens is 1. The molecule has 0 saturated carbocycles. The van der Waals surface area contributed by atoms with E-state index in [1.807, 2.05) is 0 Å². The van der Waals surface area contributed by atoms with Gasteiger partial charge in [0.2, 0.25) is 6.04 Å². The predicted octanol–water partition coefficient (Wildman–Crippen LogP) is -0.662. The molecule has 6 nitrogen and oxygen atoms in total. The second kappa shape index (κ2) is 5.09. The summed E-state index contributed by atoms with van der Waals surface area (Å²) >= 11 is 0. The lowest BCUT2D eigenvalue weighted by Crippen LogP contribution is -2.58. The summed E-state index contributed by atoms with van der Waals surface area (Å²) in [6.45, 7) is 0. The van der Waals surface area contributed by atoms with Gasteiger partial charge in [0, 0.05) is 6.42 Å². The van der Waals surface area contributed by atoms with Gasteiger partial charge >= 0.3 is 11.9 Å². The molecule has 2 unspecified atom stereocenters. The van der Waals surface area contributed by atoms with E-state index in [0.29, 0.717) is 0 Å². The zero-order valence-corrected chi connectivity index (χ0v) is 9.30. The average Bonchev–Trinajstić information content (AvgIpc) is 1.96. The lowest BCUT2D eigenvalue weighted by molar-refractivity contribution is -0.888. The van der Waals surface area contributed by atoms with Crippen molar-refractivity contribution in [2.24, 2.45) is 5.73 Å². The number of rotatable bonds is 6. The van der Waals surface area contributed by atoms with Crippen LogP contribution in [0.25, 0.3) is 0 Å². The molecule has 0 rings (SSSR count). The predicted molar refractivity (Wildman–Crippen MR) is 54.3 cm³/mol. The molecule has 0 aliphatic carbocycles. The third-order valence-electron chi connectivity index (χ3n) is 2.18. The summed E-state index contributed by atoms with van der Waals surface area (Å²) in [6, 6.07) is -1.44. The van der Waals surface area contributed by atoms with Crippen molar-refractivity contribution in [2.75, 3.05) is 21.1 Å². The van der Waals surface area contributed by atoms with Crippen LogP contribution in [0.15, 0.2) is 0 Å². The van der Waals surface area contributed by atoms with E-state index in [2.05, 4.69) is 0 Å². The van der Waals surface area contributed by atoms with Crippen LogP contribution in [-0.2, 0) is 9.59 Å². The van der Waals surface area contributed by atoms with Crippen LogP contribution < -0.4 is 5.73 Å². The molecular weight excluding hydrogens is 200 g/mol. The van der Waals surface area contributed by atoms with E-state index in [-0.39, 0.29) is 17.3 Å². The first-order valence-corrected chi connectivity index (χ1v) is 4.67. The maximum atomic E-state index is 11.0. The summed E-state index contributed by atoms with van der Waals surface area (Å²) in [5, 5.41) is 17.5. The second-order valence-corrected chi connectivity index (χ2v) is 4.50. The third kappa shape index (κ3) is 4.75. The first-order valence-electron chi connectivity index (χ1n) is 4.67. The molecule has 0 amide bonds. The zero-order valence-electron chi connectivity index (χ0n) is 9.30. The molecule has 0 heterocycles. The number of carboxylic acid groups (broad SMARTS) is 2. The van der Waals surface area contributed by atoms with E-state index in [1.54, 1.807) is 21.1 Å². The van der Waals surface area contributed by atoms with Crippen LogP contribution in [-0.4, -0.2) is 59.9 Å². The number of nitrogens with two attached hydrogens (primary N) is 1. The van der Waals surface area contributed by atoms with Gasteiger partial charge in [0.05, 0.1) is 27.2 Å². The standard InChI is InChI=1S/C9H18N2O4/c1-11(2,3)8(9(14)15)6(10)4-5-7(12)13/h6,8H,4-5,10H2,1-3H3,(H-,12,13,14,15)/p+1. The van der Waals surface area contributed by atoms with E-state index in [1.165, 1.54) is 0 Å². The Morgan fingerprint density at radius 2 is 1.73 bits per heavy atom. The molecule has 0 radical (unpaired) electrons. The molecular formula is C9H19N2O4+. The molecule has 6 heteroatoms. The Balaban J connectivity index is 4.51. The fourth-order valence-electron chi connectivity index (χ4n) is 1.54. The highest BCUT2D eigenvalue weighted by molar-refractivity contribution is 5.73. The van der Waals surface area contributed by atoms with E-state index in [0.717, 1.165) is 0 Å². The summed E-state index contributed by atoms with van der Waals surface area (Å²) in [4.78, 5) is 21.3. The van der Waals surface area contributed by atoms with Gasteiger partial charge in [0.1, 0.15) is 0 Å². The number of nitrogens with zero attached hydrogens (tertiary/aromatic N) is 1. The Morgan fingerprint density at radius 3 is 2.00 bits per heavy atom. The lowest BCUT2D eigenvalue weighted by Gasteiger charge is -2.34. The van der Waals surface area contributed by atoms with Crippen molar-refractivity contribution >= 4 is 11.9 Å². The molecule has 88 valence electrons. The molecule has 0 aromatic carbocycles. The lowest BCUT2D eigenvalue weighted by atomic mass is 10.0. The van der Waals surface area contributed by atoms with Crippen LogP contribution in [0, 0.1) is 0 Å². The Morgan fingerprint density at radius 1 is 1.27 bits per heavy atom. The SMILES string of the molecule is C[N+](C)(C)C(C(=O)O)C(N)CCC(=O)O. The number of likely N-dealkylation sites (N-methyl/N-ethyl adjacent to an activating group) is 1. The van der Waals surface area contributed by atoms with Crippen LogP contribution >= 0.6 is 0 Å². The molecule has 2 atom stereocenters. The summed E-state index contributed by atoms with van der Waals surface area (Å²) < 4.78 is 0.177. The third-order valence-corrected chi connectivity index (χ3v) is 2.18. The normalized spacial score (nSPS) is 15.7. The van der Waals surface area contributed by atoms with E-state index < -0.39 is 24.0 Å². The van der Waals surface area contributed by atoms with Crippen molar-refractivity contribution in [3.8, 4) is 0 Å². The van der Waals surface area contributed by atoms with E-state index >= 15 is 0 Å².